The molecule has 49 heavy (non-hydrogen) atoms. The molecule has 0 radical (unpaired) electrons. The van der Waals surface area contributed by atoms with Gasteiger partial charge in [-0.3, -0.25) is 9.55 Å². The predicted molar refractivity (Wildman–Crippen MR) is 183 cm³/mol. The molecule has 0 unspecified atom stereocenters. The minimum absolute atomic E-state index is 0.141. The number of benzene rings is 4. The lowest BCUT2D eigenvalue weighted by molar-refractivity contribution is 0.0689. The summed E-state index contributed by atoms with van der Waals surface area (Å²) in [5.41, 5.74) is 5.26. The van der Waals surface area contributed by atoms with Crippen molar-refractivity contribution in [2.24, 2.45) is 5.92 Å². The summed E-state index contributed by atoms with van der Waals surface area (Å²) >= 11 is 1.46. The van der Waals surface area contributed by atoms with Crippen molar-refractivity contribution in [3.05, 3.63) is 137 Å². The summed E-state index contributed by atoms with van der Waals surface area (Å²) in [4.78, 5) is 25.1. The number of ether oxygens (including phenoxy) is 3. The Morgan fingerprint density at radius 1 is 1.00 bits per heavy atom. The number of fused-ring (bicyclic) bond motifs is 3. The Morgan fingerprint density at radius 3 is 2.71 bits per heavy atom. The number of aromatic carboxylic acids is 1. The van der Waals surface area contributed by atoms with Gasteiger partial charge in [-0.2, -0.15) is 0 Å². The van der Waals surface area contributed by atoms with Crippen LogP contribution < -0.4 is 14.2 Å². The predicted octanol–water partition coefficient (Wildman–Crippen LogP) is 8.13. The van der Waals surface area contributed by atoms with Gasteiger partial charge in [0.05, 0.1) is 34.1 Å². The van der Waals surface area contributed by atoms with Gasteiger partial charge in [0.15, 0.2) is 0 Å². The molecule has 0 aliphatic carbocycles. The molecule has 1 N–H and O–H groups in total. The number of thiazole rings is 1. The van der Waals surface area contributed by atoms with E-state index in [0.29, 0.717) is 35.8 Å². The second-order valence-electron chi connectivity index (χ2n) is 11.9. The Morgan fingerprint density at radius 2 is 1.86 bits per heavy atom. The SMILES string of the molecule is Cc1nc2cnccc2n1-c1ccc(O[C@H]2c3cc(OCc4nc5cc(F)ccc5s4)ccc3OC[C@@H]2Cc2cccc(C(=O)O)c2)cc1. The average Bonchev–Trinajstić information content (AvgIpc) is 3.68. The van der Waals surface area contributed by atoms with Gasteiger partial charge in [-0.1, -0.05) is 12.1 Å². The maximum Gasteiger partial charge on any atom is 0.335 e. The van der Waals surface area contributed by atoms with E-state index in [1.807, 2.05) is 61.5 Å². The van der Waals surface area contributed by atoms with Gasteiger partial charge in [0, 0.05) is 29.4 Å². The second kappa shape index (κ2) is 12.7. The van der Waals surface area contributed by atoms with E-state index in [2.05, 4.69) is 19.5 Å². The van der Waals surface area contributed by atoms with E-state index in [4.69, 9.17) is 14.2 Å². The molecule has 2 atom stereocenters. The van der Waals surface area contributed by atoms with Crippen molar-refractivity contribution in [3.8, 4) is 22.9 Å². The molecule has 0 amide bonds. The highest BCUT2D eigenvalue weighted by molar-refractivity contribution is 7.18. The van der Waals surface area contributed by atoms with Crippen LogP contribution in [0.25, 0.3) is 26.9 Å². The van der Waals surface area contributed by atoms with Gasteiger partial charge in [-0.15, -0.1) is 11.3 Å². The first kappa shape index (κ1) is 30.5. The fourth-order valence-electron chi connectivity index (χ4n) is 6.32. The van der Waals surface area contributed by atoms with Crippen molar-refractivity contribution in [3.63, 3.8) is 0 Å². The van der Waals surface area contributed by atoms with Crippen LogP contribution >= 0.6 is 11.3 Å². The zero-order valence-corrected chi connectivity index (χ0v) is 27.1. The highest BCUT2D eigenvalue weighted by atomic mass is 32.1. The molecule has 4 aromatic carbocycles. The number of nitrogens with zero attached hydrogens (tertiary/aromatic N) is 4. The van der Waals surface area contributed by atoms with Crippen LogP contribution in [0.3, 0.4) is 0 Å². The molecule has 0 bridgehead atoms. The molecule has 4 heterocycles. The number of rotatable bonds is 9. The van der Waals surface area contributed by atoms with Gasteiger partial charge in [0.2, 0.25) is 0 Å². The van der Waals surface area contributed by atoms with Crippen LogP contribution in [0.5, 0.6) is 17.2 Å². The third-order valence-corrected chi connectivity index (χ3v) is 9.59. The Kier molecular flexibility index (Phi) is 7.89. The molecule has 244 valence electrons. The highest BCUT2D eigenvalue weighted by Crippen LogP contribution is 2.42. The molecule has 0 spiro atoms. The molecule has 0 fully saturated rings. The molecule has 0 saturated heterocycles. The first-order valence-electron chi connectivity index (χ1n) is 15.7. The maximum atomic E-state index is 13.7. The van der Waals surface area contributed by atoms with Crippen LogP contribution in [-0.2, 0) is 13.0 Å². The average molecular weight is 673 g/mol. The number of aryl methyl sites for hydroxylation is 1. The lowest BCUT2D eigenvalue weighted by Gasteiger charge is -2.34. The number of aromatic nitrogens is 4. The van der Waals surface area contributed by atoms with Gasteiger partial charge in [0.1, 0.15) is 52.1 Å². The van der Waals surface area contributed by atoms with E-state index >= 15 is 0 Å². The van der Waals surface area contributed by atoms with E-state index in [1.165, 1.54) is 23.5 Å². The van der Waals surface area contributed by atoms with Gasteiger partial charge < -0.3 is 19.3 Å². The number of pyridine rings is 1. The zero-order valence-electron chi connectivity index (χ0n) is 26.2. The van der Waals surface area contributed by atoms with Gasteiger partial charge in [-0.25, -0.2) is 19.2 Å². The fourth-order valence-corrected chi connectivity index (χ4v) is 7.18. The summed E-state index contributed by atoms with van der Waals surface area (Å²) in [5, 5.41) is 10.3. The van der Waals surface area contributed by atoms with Crippen LogP contribution in [0, 0.1) is 18.7 Å². The second-order valence-corrected chi connectivity index (χ2v) is 13.0. The van der Waals surface area contributed by atoms with Crippen molar-refractivity contribution < 1.29 is 28.5 Å². The molecule has 11 heteroatoms. The normalized spacial score (nSPS) is 15.6. The lowest BCUT2D eigenvalue weighted by atomic mass is 9.87. The zero-order chi connectivity index (χ0) is 33.5. The summed E-state index contributed by atoms with van der Waals surface area (Å²) in [7, 11) is 0. The number of carboxylic acids is 1. The monoisotopic (exact) mass is 672 g/mol. The summed E-state index contributed by atoms with van der Waals surface area (Å²) < 4.78 is 35.9. The van der Waals surface area contributed by atoms with Crippen LogP contribution in [-0.4, -0.2) is 37.2 Å². The van der Waals surface area contributed by atoms with Crippen molar-refractivity contribution in [2.75, 3.05) is 6.61 Å². The van der Waals surface area contributed by atoms with Crippen LogP contribution in [0.1, 0.15) is 38.4 Å². The number of halogens is 1. The molecule has 3 aromatic heterocycles. The van der Waals surface area contributed by atoms with Gasteiger partial charge >= 0.3 is 5.97 Å². The minimum atomic E-state index is -0.975. The summed E-state index contributed by atoms with van der Waals surface area (Å²) in [6.07, 6.45) is 3.61. The van der Waals surface area contributed by atoms with E-state index in [9.17, 15) is 14.3 Å². The summed E-state index contributed by atoms with van der Waals surface area (Å²) in [5.74, 6) is 1.38. The van der Waals surface area contributed by atoms with Crippen LogP contribution in [0.2, 0.25) is 0 Å². The lowest BCUT2D eigenvalue weighted by Crippen LogP contribution is -2.31. The van der Waals surface area contributed by atoms with E-state index < -0.39 is 12.1 Å². The highest BCUT2D eigenvalue weighted by Gasteiger charge is 2.34. The third-order valence-electron chi connectivity index (χ3n) is 8.58. The molecule has 1 aliphatic rings. The van der Waals surface area contributed by atoms with Gasteiger partial charge in [0.25, 0.3) is 0 Å². The van der Waals surface area contributed by atoms with Gasteiger partial charge in [-0.05, 0) is 91.7 Å². The molecule has 9 nitrogen and oxygen atoms in total. The Labute approximate surface area is 284 Å². The van der Waals surface area contributed by atoms with Crippen LogP contribution in [0.4, 0.5) is 4.39 Å². The smallest absolute Gasteiger partial charge is 0.335 e. The van der Waals surface area contributed by atoms with Crippen molar-refractivity contribution in [1.29, 1.82) is 0 Å². The van der Waals surface area contributed by atoms with Crippen molar-refractivity contribution in [2.45, 2.75) is 26.1 Å². The first-order chi connectivity index (χ1) is 23.9. The molecule has 7 aromatic rings. The van der Waals surface area contributed by atoms with E-state index in [1.54, 1.807) is 36.7 Å². The van der Waals surface area contributed by atoms with Crippen molar-refractivity contribution in [1.82, 2.24) is 19.5 Å². The standard InChI is InChI=1S/C38H29FN4O5S/c1-22-41-32-19-40-14-13-33(32)43(22)27-6-8-28(9-7-27)48-37-25(16-23-3-2-4-24(15-23)38(44)45)20-47-34-11-10-29(18-30(34)37)46-21-36-42-31-17-26(39)5-12-35(31)49-36/h2-15,17-19,25,37H,16,20-21H2,1H3,(H,44,45)/t25-,37+/m0/s1. The summed E-state index contributed by atoms with van der Waals surface area (Å²) in [6, 6.07) is 27.0. The quantitative estimate of drug-likeness (QED) is 0.164. The van der Waals surface area contributed by atoms with E-state index in [-0.39, 0.29) is 23.9 Å². The molecular formula is C38H29FN4O5S. The first-order valence-corrected chi connectivity index (χ1v) is 16.5. The van der Waals surface area contributed by atoms with E-state index in [0.717, 1.165) is 43.4 Å². The molecule has 0 saturated carbocycles. The number of carbonyl (C=O) groups is 1. The number of imidazole rings is 1. The maximum absolute atomic E-state index is 13.7. The Bertz CT molecular complexity index is 2340. The Hall–Kier alpha value is -5.81. The van der Waals surface area contributed by atoms with Crippen LogP contribution in [0.15, 0.2) is 103 Å². The molecule has 1 aliphatic heterocycles. The number of carboxylic acid groups (broad SMARTS) is 1. The fraction of sp³-hybridized carbons (Fsp3) is 0.158. The minimum Gasteiger partial charge on any atom is -0.493 e. The number of hydrogen-bond donors (Lipinski definition) is 1. The molecule has 8 rings (SSSR count). The largest absolute Gasteiger partial charge is 0.493 e. The summed E-state index contributed by atoms with van der Waals surface area (Å²) in [6.45, 7) is 2.56. The Balaban J connectivity index is 1.09. The van der Waals surface area contributed by atoms with Crippen molar-refractivity contribution >= 4 is 38.6 Å². The topological polar surface area (TPSA) is 109 Å². The number of hydrogen-bond acceptors (Lipinski definition) is 8. The third kappa shape index (κ3) is 6.16. The molecular weight excluding hydrogens is 644 g/mol.